The lowest BCUT2D eigenvalue weighted by molar-refractivity contribution is -0.137. The fourth-order valence-electron chi connectivity index (χ4n) is 3.56. The van der Waals surface area contributed by atoms with Gasteiger partial charge >= 0.3 is 12.1 Å². The summed E-state index contributed by atoms with van der Waals surface area (Å²) in [6.07, 6.45) is -3.25. The van der Waals surface area contributed by atoms with Crippen molar-refractivity contribution in [1.82, 2.24) is 19.1 Å². The van der Waals surface area contributed by atoms with E-state index in [1.54, 1.807) is 24.3 Å². The summed E-state index contributed by atoms with van der Waals surface area (Å²) in [4.78, 5) is 25.1. The molecule has 8 nitrogen and oxygen atoms in total. The van der Waals surface area contributed by atoms with Crippen molar-refractivity contribution in [3.63, 3.8) is 0 Å². The van der Waals surface area contributed by atoms with Gasteiger partial charge in [0.05, 0.1) is 40.5 Å². The number of aromatic carboxylic acids is 1. The Morgan fingerprint density at radius 1 is 1.09 bits per heavy atom. The lowest BCUT2D eigenvalue weighted by Crippen LogP contribution is -2.23. The van der Waals surface area contributed by atoms with Gasteiger partial charge in [0.1, 0.15) is 5.69 Å². The predicted octanol–water partition coefficient (Wildman–Crippen LogP) is 3.62. The topological polar surface area (TPSA) is 106 Å². The summed E-state index contributed by atoms with van der Waals surface area (Å²) in [5.41, 5.74) is -1.66. The Morgan fingerprint density at radius 2 is 1.79 bits per heavy atom. The average molecular weight is 453 g/mol. The number of carboxylic acids is 1. The van der Waals surface area contributed by atoms with Crippen LogP contribution in [0, 0.1) is 11.3 Å². The van der Waals surface area contributed by atoms with E-state index >= 15 is 0 Å². The molecule has 2 aromatic heterocycles. The van der Waals surface area contributed by atoms with Crippen LogP contribution >= 0.6 is 0 Å². The number of alkyl halides is 3. The first-order valence-corrected chi connectivity index (χ1v) is 9.41. The quantitative estimate of drug-likeness (QED) is 0.508. The zero-order valence-corrected chi connectivity index (χ0v) is 16.9. The fraction of sp³-hybridized carbons (Fsp3) is 0.0909. The third-order valence-corrected chi connectivity index (χ3v) is 5.02. The SMILES string of the molecule is Cn1c(-c2ccnn2-c2ccc(C#N)cc2)c(C(=O)O)c(=O)n1-c1cccc(C(F)(F)F)c1. The fourth-order valence-corrected chi connectivity index (χ4v) is 3.56. The maximum absolute atomic E-state index is 13.2. The molecule has 0 atom stereocenters. The third-order valence-electron chi connectivity index (χ3n) is 5.02. The second kappa shape index (κ2) is 7.83. The Bertz CT molecular complexity index is 1470. The smallest absolute Gasteiger partial charge is 0.416 e. The van der Waals surface area contributed by atoms with Crippen LogP contribution in [0.1, 0.15) is 21.5 Å². The molecule has 0 aliphatic carbocycles. The summed E-state index contributed by atoms with van der Waals surface area (Å²) < 4.78 is 43.0. The van der Waals surface area contributed by atoms with E-state index in [9.17, 15) is 27.9 Å². The van der Waals surface area contributed by atoms with Crippen molar-refractivity contribution in [1.29, 1.82) is 5.26 Å². The number of hydrogen-bond donors (Lipinski definition) is 1. The van der Waals surface area contributed by atoms with Crippen LogP contribution in [0.25, 0.3) is 22.8 Å². The molecule has 2 heterocycles. The summed E-state index contributed by atoms with van der Waals surface area (Å²) in [5, 5.41) is 22.9. The Balaban J connectivity index is 1.96. The lowest BCUT2D eigenvalue weighted by atomic mass is 10.1. The zero-order chi connectivity index (χ0) is 23.9. The second-order valence-electron chi connectivity index (χ2n) is 7.00. The molecule has 33 heavy (non-hydrogen) atoms. The van der Waals surface area contributed by atoms with Gasteiger partial charge in [0.25, 0.3) is 5.56 Å². The number of hydrogen-bond acceptors (Lipinski definition) is 4. The molecule has 4 rings (SSSR count). The van der Waals surface area contributed by atoms with Gasteiger partial charge in [-0.15, -0.1) is 0 Å². The second-order valence-corrected chi connectivity index (χ2v) is 7.00. The molecule has 0 saturated carbocycles. The van der Waals surface area contributed by atoms with Crippen LogP contribution in [0.15, 0.2) is 65.6 Å². The molecule has 0 spiro atoms. The van der Waals surface area contributed by atoms with Gasteiger partial charge < -0.3 is 5.11 Å². The third kappa shape index (κ3) is 3.67. The molecular weight excluding hydrogens is 439 g/mol. The monoisotopic (exact) mass is 453 g/mol. The molecule has 0 radical (unpaired) electrons. The van der Waals surface area contributed by atoms with Gasteiger partial charge in [-0.3, -0.25) is 9.48 Å². The normalized spacial score (nSPS) is 11.4. The minimum absolute atomic E-state index is 0.0493. The number of carboxylic acid groups (broad SMARTS) is 1. The molecule has 0 amide bonds. The Labute approximate surface area is 183 Å². The summed E-state index contributed by atoms with van der Waals surface area (Å²) in [6, 6.07) is 13.8. The van der Waals surface area contributed by atoms with Crippen molar-refractivity contribution in [2.75, 3.05) is 0 Å². The number of nitrogens with zero attached hydrogens (tertiary/aromatic N) is 5. The maximum atomic E-state index is 13.2. The molecule has 0 saturated heterocycles. The van der Waals surface area contributed by atoms with Crippen molar-refractivity contribution in [2.24, 2.45) is 7.05 Å². The Hall–Kier alpha value is -4.59. The van der Waals surface area contributed by atoms with Gasteiger partial charge in [-0.25, -0.2) is 14.2 Å². The summed E-state index contributed by atoms with van der Waals surface area (Å²) >= 11 is 0. The highest BCUT2D eigenvalue weighted by Crippen LogP contribution is 2.31. The number of halogens is 3. The Kier molecular flexibility index (Phi) is 5.13. The Morgan fingerprint density at radius 3 is 2.39 bits per heavy atom. The maximum Gasteiger partial charge on any atom is 0.416 e. The highest BCUT2D eigenvalue weighted by atomic mass is 19.4. The first kappa shape index (κ1) is 21.6. The standard InChI is InChI=1S/C22H14F3N5O3/c1-28-19(17-9-10-27-29(17)15-7-5-13(12-26)6-8-15)18(21(32)33)20(31)30(28)16-4-2-3-14(11-16)22(23,24)25/h2-11H,1H3,(H,32,33). The highest BCUT2D eigenvalue weighted by molar-refractivity contribution is 5.94. The van der Waals surface area contributed by atoms with Crippen LogP contribution in [-0.4, -0.2) is 30.2 Å². The lowest BCUT2D eigenvalue weighted by Gasteiger charge is -2.13. The summed E-state index contributed by atoms with van der Waals surface area (Å²) in [6.45, 7) is 0. The minimum Gasteiger partial charge on any atom is -0.477 e. The molecule has 0 fully saturated rings. The molecule has 0 bridgehead atoms. The van der Waals surface area contributed by atoms with E-state index in [-0.39, 0.29) is 17.1 Å². The molecule has 2 aromatic carbocycles. The minimum atomic E-state index is -4.64. The largest absolute Gasteiger partial charge is 0.477 e. The van der Waals surface area contributed by atoms with E-state index in [4.69, 9.17) is 5.26 Å². The van der Waals surface area contributed by atoms with E-state index in [1.165, 1.54) is 34.7 Å². The summed E-state index contributed by atoms with van der Waals surface area (Å²) in [7, 11) is 1.37. The van der Waals surface area contributed by atoms with Crippen molar-refractivity contribution in [2.45, 2.75) is 6.18 Å². The van der Waals surface area contributed by atoms with Crippen molar-refractivity contribution in [3.05, 3.63) is 87.8 Å². The van der Waals surface area contributed by atoms with E-state index in [0.717, 1.165) is 22.9 Å². The van der Waals surface area contributed by atoms with Gasteiger partial charge in [0.2, 0.25) is 0 Å². The van der Waals surface area contributed by atoms with Crippen molar-refractivity contribution < 1.29 is 23.1 Å². The van der Waals surface area contributed by atoms with Crippen LogP contribution in [0.5, 0.6) is 0 Å². The molecule has 0 aliphatic heterocycles. The van der Waals surface area contributed by atoms with Gasteiger partial charge in [0.15, 0.2) is 5.56 Å². The molecule has 11 heteroatoms. The van der Waals surface area contributed by atoms with Gasteiger partial charge in [-0.05, 0) is 48.5 Å². The van der Waals surface area contributed by atoms with Gasteiger partial charge in [-0.1, -0.05) is 6.07 Å². The van der Waals surface area contributed by atoms with E-state index in [1.807, 2.05) is 6.07 Å². The van der Waals surface area contributed by atoms with Crippen LogP contribution in [-0.2, 0) is 13.2 Å². The molecule has 166 valence electrons. The van der Waals surface area contributed by atoms with Gasteiger partial charge in [-0.2, -0.15) is 23.5 Å². The molecule has 1 N–H and O–H groups in total. The molecule has 0 aliphatic rings. The molecule has 0 unspecified atom stereocenters. The van der Waals surface area contributed by atoms with Crippen LogP contribution in [0.2, 0.25) is 0 Å². The van der Waals surface area contributed by atoms with Crippen molar-refractivity contribution >= 4 is 5.97 Å². The van der Waals surface area contributed by atoms with Crippen LogP contribution in [0.4, 0.5) is 13.2 Å². The number of carbonyl (C=O) groups is 1. The van der Waals surface area contributed by atoms with E-state index < -0.39 is 28.8 Å². The van der Waals surface area contributed by atoms with Crippen molar-refractivity contribution in [3.8, 4) is 28.8 Å². The molecule has 4 aromatic rings. The van der Waals surface area contributed by atoms with Crippen LogP contribution < -0.4 is 5.56 Å². The number of rotatable bonds is 4. The van der Waals surface area contributed by atoms with E-state index in [2.05, 4.69) is 5.10 Å². The first-order chi connectivity index (χ1) is 15.6. The first-order valence-electron chi connectivity index (χ1n) is 9.41. The number of benzene rings is 2. The van der Waals surface area contributed by atoms with Crippen LogP contribution in [0.3, 0.4) is 0 Å². The molecular formula is C22H14F3N5O3. The van der Waals surface area contributed by atoms with Gasteiger partial charge in [0, 0.05) is 7.05 Å². The average Bonchev–Trinajstić information content (AvgIpc) is 3.35. The summed E-state index contributed by atoms with van der Waals surface area (Å²) in [5.74, 6) is -1.54. The number of aromatic nitrogens is 4. The zero-order valence-electron chi connectivity index (χ0n) is 16.9. The highest BCUT2D eigenvalue weighted by Gasteiger charge is 2.32. The predicted molar refractivity (Wildman–Crippen MR) is 110 cm³/mol. The number of nitriles is 1. The van der Waals surface area contributed by atoms with E-state index in [0.29, 0.717) is 11.3 Å².